The number of fused-ring (bicyclic) bond motifs is 1. The van der Waals surface area contributed by atoms with Gasteiger partial charge in [0.1, 0.15) is 17.7 Å². The lowest BCUT2D eigenvalue weighted by Gasteiger charge is -2.28. The van der Waals surface area contributed by atoms with Crippen LogP contribution in [0.1, 0.15) is 43.1 Å². The maximum atomic E-state index is 13.3. The molecule has 204 valence electrons. The van der Waals surface area contributed by atoms with Gasteiger partial charge in [-0.2, -0.15) is 10.2 Å². The first kappa shape index (κ1) is 25.8. The molecule has 6 rings (SSSR count). The van der Waals surface area contributed by atoms with Gasteiger partial charge in [-0.1, -0.05) is 18.2 Å². The van der Waals surface area contributed by atoms with Gasteiger partial charge >= 0.3 is 0 Å². The van der Waals surface area contributed by atoms with Crippen LogP contribution in [-0.2, 0) is 5.60 Å². The molecule has 0 aliphatic carbocycles. The van der Waals surface area contributed by atoms with Gasteiger partial charge in [-0.15, -0.1) is 0 Å². The van der Waals surface area contributed by atoms with E-state index in [1.54, 1.807) is 48.7 Å². The van der Waals surface area contributed by atoms with Crippen molar-refractivity contribution in [1.82, 2.24) is 34.3 Å². The van der Waals surface area contributed by atoms with E-state index in [9.17, 15) is 14.6 Å². The first-order valence-corrected chi connectivity index (χ1v) is 13.1. The Morgan fingerprint density at radius 2 is 1.77 bits per heavy atom. The normalized spacial score (nSPS) is 16.1. The Morgan fingerprint density at radius 1 is 1.00 bits per heavy atom. The molecule has 2 N–H and O–H groups in total. The lowest BCUT2D eigenvalue weighted by atomic mass is 9.90. The van der Waals surface area contributed by atoms with Crippen LogP contribution in [0, 0.1) is 5.82 Å². The predicted octanol–water partition coefficient (Wildman–Crippen LogP) is 3.62. The minimum Gasteiger partial charge on any atom is -0.394 e. The Balaban J connectivity index is 1.20. The summed E-state index contributed by atoms with van der Waals surface area (Å²) in [6.07, 6.45) is 13.3. The highest BCUT2D eigenvalue weighted by molar-refractivity contribution is 5.80. The van der Waals surface area contributed by atoms with E-state index in [1.165, 1.54) is 12.1 Å². The number of halogens is 1. The van der Waals surface area contributed by atoms with E-state index in [0.29, 0.717) is 30.2 Å². The van der Waals surface area contributed by atoms with E-state index in [0.717, 1.165) is 34.3 Å². The van der Waals surface area contributed by atoms with Crippen molar-refractivity contribution in [2.24, 2.45) is 0 Å². The molecule has 0 amide bonds. The van der Waals surface area contributed by atoms with Crippen molar-refractivity contribution in [3.8, 4) is 11.1 Å². The van der Waals surface area contributed by atoms with Crippen LogP contribution in [0.5, 0.6) is 0 Å². The highest BCUT2D eigenvalue weighted by Gasteiger charge is 2.27. The van der Waals surface area contributed by atoms with Crippen LogP contribution in [-0.4, -0.2) is 64.3 Å². The number of hydrogen-bond acceptors (Lipinski definition) is 8. The summed E-state index contributed by atoms with van der Waals surface area (Å²) in [4.78, 5) is 15.7. The lowest BCUT2D eigenvalue weighted by Crippen LogP contribution is -2.30. The molecule has 0 saturated heterocycles. The van der Waals surface area contributed by atoms with Gasteiger partial charge in [-0.3, -0.25) is 4.68 Å². The molecule has 5 heterocycles. The largest absolute Gasteiger partial charge is 0.394 e. The molecule has 0 saturated carbocycles. The fraction of sp³-hybridized carbons (Fsp3) is 0.276. The van der Waals surface area contributed by atoms with Gasteiger partial charge in [0.25, 0.3) is 0 Å². The molecule has 1 aliphatic heterocycles. The fourth-order valence-corrected chi connectivity index (χ4v) is 4.89. The molecular weight excluding hydrogens is 511 g/mol. The molecule has 0 bridgehead atoms. The Labute approximate surface area is 230 Å². The third kappa shape index (κ3) is 4.74. The van der Waals surface area contributed by atoms with E-state index in [1.807, 2.05) is 23.8 Å². The summed E-state index contributed by atoms with van der Waals surface area (Å²) in [5.74, 6) is 0.213. The average molecular weight is 541 g/mol. The fourth-order valence-electron chi connectivity index (χ4n) is 4.89. The molecule has 0 spiro atoms. The summed E-state index contributed by atoms with van der Waals surface area (Å²) in [5, 5.41) is 29.3. The standard InChI is InChI=1S/C29H29FN8O2/c1-19(17-39)37-16-22(12-34-37)21-11-26-27(33-18-35-38(26)15-21)20-7-9-36(10-8-20)28-31-13-24(14-32-28)29(2,40)23-3-5-25(30)6-4-23/h3-7,11-16,18-19,39-40H,8-10,17H2,1-2H3/t19-,29-/m0/s1. The number of aliphatic hydroxyl groups is 2. The van der Waals surface area contributed by atoms with Crippen molar-refractivity contribution in [3.05, 3.63) is 96.4 Å². The van der Waals surface area contributed by atoms with Crippen molar-refractivity contribution >= 4 is 17.0 Å². The van der Waals surface area contributed by atoms with E-state index in [4.69, 9.17) is 0 Å². The van der Waals surface area contributed by atoms with Crippen molar-refractivity contribution in [2.45, 2.75) is 31.9 Å². The van der Waals surface area contributed by atoms with Gasteiger partial charge in [-0.05, 0) is 49.6 Å². The molecule has 1 aliphatic rings. The minimum atomic E-state index is -1.34. The molecule has 0 radical (unpaired) electrons. The van der Waals surface area contributed by atoms with E-state index >= 15 is 0 Å². The second-order valence-electron chi connectivity index (χ2n) is 10.2. The SMILES string of the molecule is C[C@@H](CO)n1cc(-c2cc3c(C4=CCN(c5ncc([C@@](C)(O)c6ccc(F)cc6)cn5)CC4)ncnn3c2)cn1. The summed E-state index contributed by atoms with van der Waals surface area (Å²) in [6.45, 7) is 4.89. The minimum absolute atomic E-state index is 0.0195. The van der Waals surface area contributed by atoms with E-state index in [2.05, 4.69) is 42.2 Å². The zero-order valence-corrected chi connectivity index (χ0v) is 22.2. The number of hydrogen-bond donors (Lipinski definition) is 2. The maximum Gasteiger partial charge on any atom is 0.225 e. The van der Waals surface area contributed by atoms with Crippen LogP contribution >= 0.6 is 0 Å². The van der Waals surface area contributed by atoms with Crippen LogP contribution in [0.2, 0.25) is 0 Å². The van der Waals surface area contributed by atoms with Crippen LogP contribution < -0.4 is 4.90 Å². The number of aromatic nitrogens is 7. The van der Waals surface area contributed by atoms with Gasteiger partial charge in [0.15, 0.2) is 0 Å². The molecule has 0 unspecified atom stereocenters. The zero-order chi connectivity index (χ0) is 27.9. The number of anilines is 1. The summed E-state index contributed by atoms with van der Waals surface area (Å²) in [5.41, 5.74) is 4.57. The van der Waals surface area contributed by atoms with Gasteiger partial charge in [0.05, 0.1) is 30.1 Å². The predicted molar refractivity (Wildman–Crippen MR) is 148 cm³/mol. The highest BCUT2D eigenvalue weighted by atomic mass is 19.1. The Hall–Kier alpha value is -4.48. The van der Waals surface area contributed by atoms with Crippen LogP contribution in [0.25, 0.3) is 22.2 Å². The molecular formula is C29H29FN8O2. The van der Waals surface area contributed by atoms with Crippen LogP contribution in [0.15, 0.2) is 73.7 Å². The topological polar surface area (TPSA) is 117 Å². The smallest absolute Gasteiger partial charge is 0.225 e. The molecule has 10 nitrogen and oxygen atoms in total. The van der Waals surface area contributed by atoms with Crippen molar-refractivity contribution in [2.75, 3.05) is 24.6 Å². The molecule has 40 heavy (non-hydrogen) atoms. The Bertz CT molecular complexity index is 1670. The van der Waals surface area contributed by atoms with Gasteiger partial charge in [-0.25, -0.2) is 23.9 Å². The number of nitrogens with zero attached hydrogens (tertiary/aromatic N) is 8. The third-order valence-corrected chi connectivity index (χ3v) is 7.46. The van der Waals surface area contributed by atoms with E-state index in [-0.39, 0.29) is 18.5 Å². The van der Waals surface area contributed by atoms with Crippen molar-refractivity contribution in [3.63, 3.8) is 0 Å². The molecule has 2 atom stereocenters. The molecule has 4 aromatic heterocycles. The second-order valence-corrected chi connectivity index (χ2v) is 10.2. The summed E-state index contributed by atoms with van der Waals surface area (Å²) in [7, 11) is 0. The summed E-state index contributed by atoms with van der Waals surface area (Å²) < 4.78 is 16.9. The molecule has 5 aromatic rings. The van der Waals surface area contributed by atoms with E-state index < -0.39 is 5.60 Å². The number of rotatable bonds is 7. The van der Waals surface area contributed by atoms with Crippen molar-refractivity contribution in [1.29, 1.82) is 0 Å². The Kier molecular flexibility index (Phi) is 6.60. The quantitative estimate of drug-likeness (QED) is 0.322. The second kappa shape index (κ2) is 10.2. The van der Waals surface area contributed by atoms with Gasteiger partial charge in [0.2, 0.25) is 5.95 Å². The van der Waals surface area contributed by atoms with Crippen LogP contribution in [0.4, 0.5) is 10.3 Å². The Morgan fingerprint density at radius 3 is 2.48 bits per heavy atom. The number of aliphatic hydroxyl groups excluding tert-OH is 1. The summed E-state index contributed by atoms with van der Waals surface area (Å²) >= 11 is 0. The molecule has 1 aromatic carbocycles. The highest BCUT2D eigenvalue weighted by Crippen LogP contribution is 2.31. The third-order valence-electron chi connectivity index (χ3n) is 7.46. The van der Waals surface area contributed by atoms with Crippen LogP contribution in [0.3, 0.4) is 0 Å². The lowest BCUT2D eigenvalue weighted by molar-refractivity contribution is 0.101. The first-order valence-electron chi connectivity index (χ1n) is 13.1. The summed E-state index contributed by atoms with van der Waals surface area (Å²) in [6, 6.07) is 7.72. The maximum absolute atomic E-state index is 13.3. The molecule has 0 fully saturated rings. The zero-order valence-electron chi connectivity index (χ0n) is 22.2. The monoisotopic (exact) mass is 540 g/mol. The first-order chi connectivity index (χ1) is 19.3. The van der Waals surface area contributed by atoms with Crippen molar-refractivity contribution < 1.29 is 14.6 Å². The molecule has 11 heteroatoms. The number of benzene rings is 1. The average Bonchev–Trinajstić information content (AvgIpc) is 3.65. The van der Waals surface area contributed by atoms with Gasteiger partial charge < -0.3 is 15.1 Å². The van der Waals surface area contributed by atoms with Gasteiger partial charge in [0, 0.05) is 54.6 Å².